The summed E-state index contributed by atoms with van der Waals surface area (Å²) in [4.78, 5) is 11.8. The van der Waals surface area contributed by atoms with Gasteiger partial charge in [0.2, 0.25) is 0 Å². The molecule has 2 rings (SSSR count). The van der Waals surface area contributed by atoms with Gasteiger partial charge < -0.3 is 15.4 Å². The highest BCUT2D eigenvalue weighted by molar-refractivity contribution is 6.31. The number of anilines is 1. The number of hydrogen-bond donors (Lipinski definition) is 2. The maximum Gasteiger partial charge on any atom is 0.340 e. The van der Waals surface area contributed by atoms with Gasteiger partial charge in [-0.2, -0.15) is 0 Å². The first-order valence-corrected chi connectivity index (χ1v) is 7.85. The first kappa shape index (κ1) is 16.1. The predicted octanol–water partition coefficient (Wildman–Crippen LogP) is 3.46. The molecule has 5 heteroatoms. The molecule has 2 atom stereocenters. The number of methoxy groups -OCH3 is 1. The summed E-state index contributed by atoms with van der Waals surface area (Å²) in [7, 11) is 1.38. The maximum atomic E-state index is 11.8. The second kappa shape index (κ2) is 7.66. The van der Waals surface area contributed by atoms with Gasteiger partial charge in [-0.05, 0) is 50.9 Å². The van der Waals surface area contributed by atoms with Crippen molar-refractivity contribution in [1.29, 1.82) is 0 Å². The topological polar surface area (TPSA) is 50.4 Å². The van der Waals surface area contributed by atoms with E-state index in [0.29, 0.717) is 16.6 Å². The number of benzene rings is 1. The second-order valence-corrected chi connectivity index (χ2v) is 6.05. The van der Waals surface area contributed by atoms with Crippen LogP contribution < -0.4 is 10.6 Å². The number of carbonyl (C=O) groups is 1. The quantitative estimate of drug-likeness (QED) is 0.818. The molecule has 0 radical (unpaired) electrons. The molecular formula is C16H23ClN2O2. The van der Waals surface area contributed by atoms with Crippen LogP contribution in [0.2, 0.25) is 5.02 Å². The molecule has 116 valence electrons. The molecule has 1 fully saturated rings. The zero-order valence-electron chi connectivity index (χ0n) is 12.6. The van der Waals surface area contributed by atoms with Crippen molar-refractivity contribution >= 4 is 23.3 Å². The minimum atomic E-state index is -0.372. The third-order valence-electron chi connectivity index (χ3n) is 3.84. The first-order valence-electron chi connectivity index (χ1n) is 7.48. The lowest BCUT2D eigenvalue weighted by atomic mass is 9.98. The Morgan fingerprint density at radius 3 is 3.00 bits per heavy atom. The first-order chi connectivity index (χ1) is 10.1. The molecule has 1 aliphatic rings. The molecule has 1 saturated heterocycles. The summed E-state index contributed by atoms with van der Waals surface area (Å²) >= 11 is 5.96. The molecule has 2 unspecified atom stereocenters. The molecule has 1 aliphatic heterocycles. The molecule has 21 heavy (non-hydrogen) atoms. The number of carbonyl (C=O) groups excluding carboxylic acids is 1. The van der Waals surface area contributed by atoms with Gasteiger partial charge in [-0.15, -0.1) is 0 Å². The Kier molecular flexibility index (Phi) is 5.88. The van der Waals surface area contributed by atoms with Gasteiger partial charge in [0, 0.05) is 22.8 Å². The van der Waals surface area contributed by atoms with Crippen LogP contribution in [0, 0.1) is 0 Å². The lowest BCUT2D eigenvalue weighted by molar-refractivity contribution is 0.0602. The molecule has 1 aromatic rings. The van der Waals surface area contributed by atoms with Crippen molar-refractivity contribution in [3.8, 4) is 0 Å². The normalized spacial score (nSPS) is 19.9. The van der Waals surface area contributed by atoms with Crippen LogP contribution in [-0.4, -0.2) is 31.7 Å². The highest BCUT2D eigenvalue weighted by Gasteiger charge is 2.18. The Bertz CT molecular complexity index is 487. The average molecular weight is 311 g/mol. The van der Waals surface area contributed by atoms with Gasteiger partial charge in [0.1, 0.15) is 0 Å². The van der Waals surface area contributed by atoms with E-state index in [1.54, 1.807) is 12.1 Å². The Morgan fingerprint density at radius 2 is 2.33 bits per heavy atom. The van der Waals surface area contributed by atoms with Crippen LogP contribution in [0.1, 0.15) is 43.0 Å². The van der Waals surface area contributed by atoms with Gasteiger partial charge in [-0.25, -0.2) is 4.79 Å². The van der Waals surface area contributed by atoms with E-state index >= 15 is 0 Å². The summed E-state index contributed by atoms with van der Waals surface area (Å²) in [5, 5.41) is 7.47. The Balaban J connectivity index is 2.02. The molecule has 1 aromatic carbocycles. The summed E-state index contributed by atoms with van der Waals surface area (Å²) in [5.74, 6) is -0.372. The number of piperidine rings is 1. The number of ether oxygens (including phenoxy) is 1. The summed E-state index contributed by atoms with van der Waals surface area (Å²) in [6.07, 6.45) is 4.81. The summed E-state index contributed by atoms with van der Waals surface area (Å²) < 4.78 is 4.81. The average Bonchev–Trinajstić information content (AvgIpc) is 2.49. The highest BCUT2D eigenvalue weighted by atomic mass is 35.5. The molecule has 2 N–H and O–H groups in total. The van der Waals surface area contributed by atoms with E-state index in [0.717, 1.165) is 18.7 Å². The van der Waals surface area contributed by atoms with Crippen LogP contribution in [0.25, 0.3) is 0 Å². The van der Waals surface area contributed by atoms with Gasteiger partial charge in [0.05, 0.1) is 12.7 Å². The van der Waals surface area contributed by atoms with E-state index < -0.39 is 0 Å². The Hall–Kier alpha value is -1.26. The molecule has 0 aromatic heterocycles. The zero-order chi connectivity index (χ0) is 15.2. The van der Waals surface area contributed by atoms with Crippen molar-refractivity contribution in [3.05, 3.63) is 28.8 Å². The van der Waals surface area contributed by atoms with E-state index in [4.69, 9.17) is 16.3 Å². The summed E-state index contributed by atoms with van der Waals surface area (Å²) in [6, 6.07) is 6.07. The molecular weight excluding hydrogens is 288 g/mol. The Morgan fingerprint density at radius 1 is 1.52 bits per heavy atom. The van der Waals surface area contributed by atoms with E-state index in [1.165, 1.54) is 26.4 Å². The van der Waals surface area contributed by atoms with Gasteiger partial charge >= 0.3 is 5.97 Å². The number of halogens is 1. The van der Waals surface area contributed by atoms with E-state index in [-0.39, 0.29) is 12.0 Å². The minimum Gasteiger partial charge on any atom is -0.465 e. The molecule has 0 saturated carbocycles. The van der Waals surface area contributed by atoms with Crippen molar-refractivity contribution in [2.75, 3.05) is 19.0 Å². The number of esters is 1. The van der Waals surface area contributed by atoms with Crippen LogP contribution in [-0.2, 0) is 4.74 Å². The molecule has 0 spiro atoms. The molecule has 0 amide bonds. The fraction of sp³-hybridized carbons (Fsp3) is 0.562. The van der Waals surface area contributed by atoms with Crippen molar-refractivity contribution < 1.29 is 9.53 Å². The van der Waals surface area contributed by atoms with Gasteiger partial charge in [0.15, 0.2) is 0 Å². The monoisotopic (exact) mass is 310 g/mol. The fourth-order valence-electron chi connectivity index (χ4n) is 2.80. The van der Waals surface area contributed by atoms with E-state index in [9.17, 15) is 4.79 Å². The van der Waals surface area contributed by atoms with Crippen LogP contribution in [0.5, 0.6) is 0 Å². The SMILES string of the molecule is COC(=O)c1cc(Cl)ccc1NC(C)CC1CCCCN1. The molecule has 4 nitrogen and oxygen atoms in total. The maximum absolute atomic E-state index is 11.8. The largest absolute Gasteiger partial charge is 0.465 e. The highest BCUT2D eigenvalue weighted by Crippen LogP contribution is 2.23. The minimum absolute atomic E-state index is 0.269. The van der Waals surface area contributed by atoms with E-state index in [2.05, 4.69) is 17.6 Å². The lowest BCUT2D eigenvalue weighted by Gasteiger charge is -2.27. The van der Waals surface area contributed by atoms with Crippen molar-refractivity contribution in [1.82, 2.24) is 5.32 Å². The molecule has 0 aliphatic carbocycles. The zero-order valence-corrected chi connectivity index (χ0v) is 13.4. The predicted molar refractivity (Wildman–Crippen MR) is 86.1 cm³/mol. The van der Waals surface area contributed by atoms with Crippen molar-refractivity contribution in [3.63, 3.8) is 0 Å². The molecule has 1 heterocycles. The van der Waals surface area contributed by atoms with Gasteiger partial charge in [-0.1, -0.05) is 18.0 Å². The molecule has 0 bridgehead atoms. The van der Waals surface area contributed by atoms with Crippen molar-refractivity contribution in [2.45, 2.75) is 44.7 Å². The van der Waals surface area contributed by atoms with Crippen LogP contribution >= 0.6 is 11.6 Å². The second-order valence-electron chi connectivity index (χ2n) is 5.61. The standard InChI is InChI=1S/C16H23ClN2O2/c1-11(9-13-5-3-4-8-18-13)19-15-7-6-12(17)10-14(15)16(20)21-2/h6-7,10-11,13,18-19H,3-5,8-9H2,1-2H3. The van der Waals surface area contributed by atoms with Gasteiger partial charge in [-0.3, -0.25) is 0 Å². The van der Waals surface area contributed by atoms with Crippen molar-refractivity contribution in [2.24, 2.45) is 0 Å². The third kappa shape index (κ3) is 4.61. The lowest BCUT2D eigenvalue weighted by Crippen LogP contribution is -2.37. The van der Waals surface area contributed by atoms with Crippen LogP contribution in [0.4, 0.5) is 5.69 Å². The smallest absolute Gasteiger partial charge is 0.340 e. The van der Waals surface area contributed by atoms with Crippen LogP contribution in [0.3, 0.4) is 0 Å². The Labute approximate surface area is 131 Å². The van der Waals surface area contributed by atoms with Gasteiger partial charge in [0.25, 0.3) is 0 Å². The number of hydrogen-bond acceptors (Lipinski definition) is 4. The summed E-state index contributed by atoms with van der Waals surface area (Å²) in [5.41, 5.74) is 1.25. The van der Waals surface area contributed by atoms with E-state index in [1.807, 2.05) is 6.07 Å². The number of rotatable bonds is 5. The fourth-order valence-corrected chi connectivity index (χ4v) is 2.97. The number of nitrogens with one attached hydrogen (secondary N) is 2. The van der Waals surface area contributed by atoms with Crippen LogP contribution in [0.15, 0.2) is 18.2 Å². The summed E-state index contributed by atoms with van der Waals surface area (Å²) in [6.45, 7) is 3.23. The third-order valence-corrected chi connectivity index (χ3v) is 4.07.